The van der Waals surface area contributed by atoms with Gasteiger partial charge in [-0.05, 0) is 30.3 Å². The van der Waals surface area contributed by atoms with Crippen LogP contribution in [0.3, 0.4) is 0 Å². The van der Waals surface area contributed by atoms with Crippen molar-refractivity contribution in [1.29, 1.82) is 5.26 Å². The van der Waals surface area contributed by atoms with Crippen molar-refractivity contribution in [3.8, 4) is 17.9 Å². The first-order chi connectivity index (χ1) is 8.29. The van der Waals surface area contributed by atoms with Crippen molar-refractivity contribution in [3.05, 3.63) is 63.9 Å². The number of pyridine rings is 1. The SMILES string of the molecule is N#Cc1cnccc1C#Cc1ccc(Br)cc1. The quantitative estimate of drug-likeness (QED) is 0.696. The van der Waals surface area contributed by atoms with Crippen molar-refractivity contribution in [2.75, 3.05) is 0 Å². The minimum Gasteiger partial charge on any atom is -0.263 e. The average molecular weight is 283 g/mol. The van der Waals surface area contributed by atoms with E-state index in [1.165, 1.54) is 6.20 Å². The third-order valence-electron chi connectivity index (χ3n) is 2.13. The van der Waals surface area contributed by atoms with E-state index in [1.54, 1.807) is 12.3 Å². The van der Waals surface area contributed by atoms with Crippen LogP contribution < -0.4 is 0 Å². The minimum absolute atomic E-state index is 0.497. The molecule has 0 amide bonds. The fourth-order valence-electron chi connectivity index (χ4n) is 1.27. The van der Waals surface area contributed by atoms with Crippen LogP contribution in [0.1, 0.15) is 16.7 Å². The van der Waals surface area contributed by atoms with Gasteiger partial charge in [0.2, 0.25) is 0 Å². The molecule has 0 saturated carbocycles. The second kappa shape index (κ2) is 5.30. The molecule has 0 N–H and O–H groups in total. The molecular formula is C14H7BrN2. The Morgan fingerprint density at radius 2 is 1.76 bits per heavy atom. The van der Waals surface area contributed by atoms with Crippen LogP contribution in [0.25, 0.3) is 0 Å². The van der Waals surface area contributed by atoms with Crippen LogP contribution in [0.4, 0.5) is 0 Å². The molecule has 0 aliphatic rings. The Hall–Kier alpha value is -2.10. The molecule has 0 aliphatic heterocycles. The Balaban J connectivity index is 2.33. The van der Waals surface area contributed by atoms with Gasteiger partial charge in [0.25, 0.3) is 0 Å². The molecule has 17 heavy (non-hydrogen) atoms. The number of benzene rings is 1. The van der Waals surface area contributed by atoms with Crippen LogP contribution in [0.2, 0.25) is 0 Å². The van der Waals surface area contributed by atoms with Crippen molar-refractivity contribution < 1.29 is 0 Å². The largest absolute Gasteiger partial charge is 0.263 e. The summed E-state index contributed by atoms with van der Waals surface area (Å²) in [4.78, 5) is 3.89. The normalized spacial score (nSPS) is 8.94. The molecule has 3 heteroatoms. The molecule has 0 radical (unpaired) electrons. The minimum atomic E-state index is 0.497. The summed E-state index contributed by atoms with van der Waals surface area (Å²) in [7, 11) is 0. The summed E-state index contributed by atoms with van der Waals surface area (Å²) in [5.74, 6) is 5.99. The van der Waals surface area contributed by atoms with Crippen LogP contribution in [0, 0.1) is 23.2 Å². The van der Waals surface area contributed by atoms with Crippen molar-refractivity contribution >= 4 is 15.9 Å². The van der Waals surface area contributed by atoms with Gasteiger partial charge in [-0.25, -0.2) is 0 Å². The standard InChI is InChI=1S/C14H7BrN2/c15-14-5-2-11(3-6-14)1-4-12-7-8-17-10-13(12)9-16/h2-3,5-8,10H. The average Bonchev–Trinajstić information content (AvgIpc) is 2.38. The first-order valence-electron chi connectivity index (χ1n) is 4.91. The molecule has 2 rings (SSSR count). The highest BCUT2D eigenvalue weighted by molar-refractivity contribution is 9.10. The van der Waals surface area contributed by atoms with Gasteiger partial charge in [-0.3, -0.25) is 4.98 Å². The monoisotopic (exact) mass is 282 g/mol. The Morgan fingerprint density at radius 1 is 1.00 bits per heavy atom. The summed E-state index contributed by atoms with van der Waals surface area (Å²) >= 11 is 3.36. The third kappa shape index (κ3) is 2.93. The second-order valence-corrected chi connectivity index (χ2v) is 4.21. The summed E-state index contributed by atoms with van der Waals surface area (Å²) in [5.41, 5.74) is 2.11. The van der Waals surface area contributed by atoms with Gasteiger partial charge in [0.15, 0.2) is 0 Å². The maximum Gasteiger partial charge on any atom is 0.102 e. The van der Waals surface area contributed by atoms with E-state index in [-0.39, 0.29) is 0 Å². The summed E-state index contributed by atoms with van der Waals surface area (Å²) in [5, 5.41) is 8.89. The van der Waals surface area contributed by atoms with E-state index in [1.807, 2.05) is 24.3 Å². The van der Waals surface area contributed by atoms with Crippen LogP contribution in [0.15, 0.2) is 47.2 Å². The lowest BCUT2D eigenvalue weighted by Gasteiger charge is -1.93. The number of nitriles is 1. The maximum absolute atomic E-state index is 8.89. The molecule has 2 nitrogen and oxygen atoms in total. The molecular weight excluding hydrogens is 276 g/mol. The number of nitrogens with zero attached hydrogens (tertiary/aromatic N) is 2. The van der Waals surface area contributed by atoms with Gasteiger partial charge in [0.1, 0.15) is 6.07 Å². The fraction of sp³-hybridized carbons (Fsp3) is 0. The first kappa shape index (κ1) is 11.4. The van der Waals surface area contributed by atoms with E-state index in [4.69, 9.17) is 5.26 Å². The van der Waals surface area contributed by atoms with E-state index in [0.717, 1.165) is 10.0 Å². The Bertz CT molecular complexity index is 628. The molecule has 1 heterocycles. The molecule has 80 valence electrons. The van der Waals surface area contributed by atoms with Gasteiger partial charge >= 0.3 is 0 Å². The summed E-state index contributed by atoms with van der Waals surface area (Å²) < 4.78 is 1.02. The lowest BCUT2D eigenvalue weighted by molar-refractivity contribution is 1.29. The topological polar surface area (TPSA) is 36.7 Å². The van der Waals surface area contributed by atoms with Crippen molar-refractivity contribution in [1.82, 2.24) is 4.98 Å². The Kier molecular flexibility index (Phi) is 3.55. The number of hydrogen-bond donors (Lipinski definition) is 0. The lowest BCUT2D eigenvalue weighted by atomic mass is 10.1. The van der Waals surface area contributed by atoms with Gasteiger partial charge in [-0.2, -0.15) is 5.26 Å². The van der Waals surface area contributed by atoms with E-state index in [2.05, 4.69) is 38.8 Å². The highest BCUT2D eigenvalue weighted by Crippen LogP contribution is 2.10. The first-order valence-corrected chi connectivity index (χ1v) is 5.70. The zero-order valence-electron chi connectivity index (χ0n) is 8.81. The highest BCUT2D eigenvalue weighted by Gasteiger charge is 1.96. The molecule has 1 aromatic heterocycles. The van der Waals surface area contributed by atoms with E-state index in [0.29, 0.717) is 11.1 Å². The molecule has 0 saturated heterocycles. The highest BCUT2D eigenvalue weighted by atomic mass is 79.9. The van der Waals surface area contributed by atoms with Crippen molar-refractivity contribution in [2.45, 2.75) is 0 Å². The van der Waals surface area contributed by atoms with Gasteiger partial charge in [0.05, 0.1) is 5.56 Å². The van der Waals surface area contributed by atoms with E-state index in [9.17, 15) is 0 Å². The zero-order chi connectivity index (χ0) is 12.1. The third-order valence-corrected chi connectivity index (χ3v) is 2.66. The number of aromatic nitrogens is 1. The molecule has 0 aliphatic carbocycles. The molecule has 0 spiro atoms. The van der Waals surface area contributed by atoms with Gasteiger partial charge < -0.3 is 0 Å². The molecule has 1 aromatic carbocycles. The summed E-state index contributed by atoms with van der Waals surface area (Å²) in [6, 6.07) is 11.5. The van der Waals surface area contributed by atoms with Crippen LogP contribution in [-0.2, 0) is 0 Å². The Morgan fingerprint density at radius 3 is 2.47 bits per heavy atom. The van der Waals surface area contributed by atoms with Crippen LogP contribution in [0.5, 0.6) is 0 Å². The summed E-state index contributed by atoms with van der Waals surface area (Å²) in [6.07, 6.45) is 3.15. The lowest BCUT2D eigenvalue weighted by Crippen LogP contribution is -1.84. The molecule has 0 unspecified atom stereocenters. The van der Waals surface area contributed by atoms with Gasteiger partial charge in [0, 0.05) is 28.0 Å². The van der Waals surface area contributed by atoms with Crippen molar-refractivity contribution in [2.24, 2.45) is 0 Å². The van der Waals surface area contributed by atoms with Gasteiger partial charge in [-0.15, -0.1) is 0 Å². The number of halogens is 1. The molecule has 0 fully saturated rings. The van der Waals surface area contributed by atoms with E-state index < -0.39 is 0 Å². The smallest absolute Gasteiger partial charge is 0.102 e. The maximum atomic E-state index is 8.89. The zero-order valence-corrected chi connectivity index (χ0v) is 10.4. The van der Waals surface area contributed by atoms with Crippen LogP contribution in [-0.4, -0.2) is 4.98 Å². The van der Waals surface area contributed by atoms with Crippen molar-refractivity contribution in [3.63, 3.8) is 0 Å². The predicted octanol–water partition coefficient (Wildman–Crippen LogP) is 3.12. The Labute approximate surface area is 108 Å². The van der Waals surface area contributed by atoms with Gasteiger partial charge in [-0.1, -0.05) is 27.8 Å². The fourth-order valence-corrected chi connectivity index (χ4v) is 1.53. The number of rotatable bonds is 0. The molecule has 2 aromatic rings. The molecule has 0 atom stereocenters. The van der Waals surface area contributed by atoms with E-state index >= 15 is 0 Å². The van der Waals surface area contributed by atoms with Crippen LogP contribution >= 0.6 is 15.9 Å². The summed E-state index contributed by atoms with van der Waals surface area (Å²) in [6.45, 7) is 0. The number of hydrogen-bond acceptors (Lipinski definition) is 2. The predicted molar refractivity (Wildman–Crippen MR) is 69.1 cm³/mol. The molecule has 0 bridgehead atoms. The second-order valence-electron chi connectivity index (χ2n) is 3.29.